The number of allylic oxidation sites excluding steroid dienone is 1. The normalized spacial score (nSPS) is 22.1. The van der Waals surface area contributed by atoms with Gasteiger partial charge in [-0.3, -0.25) is 4.79 Å². The van der Waals surface area contributed by atoms with Crippen molar-refractivity contribution in [2.75, 3.05) is 7.11 Å². The molecule has 1 heterocycles. The van der Waals surface area contributed by atoms with E-state index < -0.39 is 0 Å². The molecular formula is C36H32ClNO2. The van der Waals surface area contributed by atoms with Crippen molar-refractivity contribution in [1.29, 1.82) is 0 Å². The van der Waals surface area contributed by atoms with Crippen LogP contribution in [0.4, 0.5) is 0 Å². The Hall–Kier alpha value is -4.08. The molecule has 0 spiro atoms. The molecule has 4 heteroatoms. The van der Waals surface area contributed by atoms with Gasteiger partial charge < -0.3 is 9.64 Å². The second-order valence-electron chi connectivity index (χ2n) is 10.6. The molecule has 4 aromatic rings. The van der Waals surface area contributed by atoms with Gasteiger partial charge in [0.25, 0.3) is 0 Å². The Kier molecular flexibility index (Phi) is 7.57. The minimum atomic E-state index is -0.145. The molecule has 0 bridgehead atoms. The Bertz CT molecular complexity index is 1550. The summed E-state index contributed by atoms with van der Waals surface area (Å²) in [7, 11) is 1.62. The van der Waals surface area contributed by atoms with Crippen molar-refractivity contribution >= 4 is 29.7 Å². The first kappa shape index (κ1) is 26.2. The van der Waals surface area contributed by atoms with E-state index in [-0.39, 0.29) is 29.7 Å². The third kappa shape index (κ3) is 5.22. The number of halogens is 1. The molecule has 1 fully saturated rings. The van der Waals surface area contributed by atoms with Gasteiger partial charge in [0.2, 0.25) is 5.91 Å². The number of amides is 1. The van der Waals surface area contributed by atoms with Crippen LogP contribution in [-0.4, -0.2) is 17.9 Å². The lowest BCUT2D eigenvalue weighted by Gasteiger charge is -2.31. The number of hydrogen-bond acceptors (Lipinski definition) is 2. The Morgan fingerprint density at radius 1 is 0.850 bits per heavy atom. The van der Waals surface area contributed by atoms with Crippen molar-refractivity contribution in [3.8, 4) is 5.75 Å². The quantitative estimate of drug-likeness (QED) is 0.172. The second kappa shape index (κ2) is 11.6. The molecule has 1 aliphatic carbocycles. The molecule has 0 saturated carbocycles. The summed E-state index contributed by atoms with van der Waals surface area (Å²) in [6.07, 6.45) is 9.64. The number of likely N-dealkylation sites (tertiary alicyclic amines) is 1. The molecule has 1 amide bonds. The number of hydrogen-bond donors (Lipinski definition) is 0. The van der Waals surface area contributed by atoms with Crippen LogP contribution in [0.2, 0.25) is 5.02 Å². The molecule has 0 radical (unpaired) electrons. The molecule has 1 aliphatic heterocycles. The summed E-state index contributed by atoms with van der Waals surface area (Å²) in [4.78, 5) is 16.4. The maximum atomic E-state index is 14.3. The third-order valence-corrected chi connectivity index (χ3v) is 8.48. The molecule has 200 valence electrons. The summed E-state index contributed by atoms with van der Waals surface area (Å²) >= 11 is 6.59. The standard InChI is InChI=1S/C36H32ClNO2/c1-40-33-21-20-29(23-32(33)37)35-31-17-9-16-30(34(31)36(39)38(35)24-27-12-6-3-7-13-27)28-15-8-14-26(22-28)19-18-25-10-4-2-5-11-25/h2-15,17-23,30-31,34-35H,16,24H2,1H3/b19-18+. The fourth-order valence-electron chi connectivity index (χ4n) is 6.31. The number of rotatable bonds is 7. The summed E-state index contributed by atoms with van der Waals surface area (Å²) in [5, 5.41) is 0.560. The summed E-state index contributed by atoms with van der Waals surface area (Å²) in [5.41, 5.74) is 5.66. The summed E-state index contributed by atoms with van der Waals surface area (Å²) < 4.78 is 5.42. The summed E-state index contributed by atoms with van der Waals surface area (Å²) in [6, 6.07) is 35.0. The van der Waals surface area contributed by atoms with Crippen LogP contribution in [0.1, 0.15) is 46.2 Å². The number of carbonyl (C=O) groups excluding carboxylic acids is 1. The molecule has 6 rings (SSSR count). The number of fused-ring (bicyclic) bond motifs is 1. The van der Waals surface area contributed by atoms with Crippen LogP contribution in [0.25, 0.3) is 12.2 Å². The van der Waals surface area contributed by atoms with Gasteiger partial charge in [-0.05, 0) is 52.3 Å². The van der Waals surface area contributed by atoms with Crippen LogP contribution in [0.3, 0.4) is 0 Å². The van der Waals surface area contributed by atoms with Crippen molar-refractivity contribution in [2.24, 2.45) is 11.8 Å². The van der Waals surface area contributed by atoms with Crippen molar-refractivity contribution in [3.05, 3.63) is 148 Å². The highest BCUT2D eigenvalue weighted by atomic mass is 35.5. The SMILES string of the molecule is COc1ccc(C2C3C=CCC(c4cccc(/C=C/c5ccccc5)c4)C3C(=O)N2Cc2ccccc2)cc1Cl. The first-order valence-electron chi connectivity index (χ1n) is 13.8. The topological polar surface area (TPSA) is 29.5 Å². The maximum absolute atomic E-state index is 14.3. The van der Waals surface area contributed by atoms with Crippen molar-refractivity contribution in [1.82, 2.24) is 4.90 Å². The molecule has 2 aliphatic rings. The highest BCUT2D eigenvalue weighted by Gasteiger charge is 2.51. The Morgan fingerprint density at radius 2 is 1.57 bits per heavy atom. The van der Waals surface area contributed by atoms with Crippen molar-refractivity contribution < 1.29 is 9.53 Å². The molecule has 4 atom stereocenters. The van der Waals surface area contributed by atoms with Gasteiger partial charge >= 0.3 is 0 Å². The molecule has 4 aromatic carbocycles. The Labute approximate surface area is 241 Å². The molecule has 40 heavy (non-hydrogen) atoms. The van der Waals surface area contributed by atoms with E-state index in [0.717, 1.165) is 28.7 Å². The van der Waals surface area contributed by atoms with Crippen LogP contribution in [0, 0.1) is 11.8 Å². The molecule has 3 nitrogen and oxygen atoms in total. The van der Waals surface area contributed by atoms with E-state index in [2.05, 4.69) is 83.8 Å². The predicted molar refractivity (Wildman–Crippen MR) is 163 cm³/mol. The smallest absolute Gasteiger partial charge is 0.227 e. The maximum Gasteiger partial charge on any atom is 0.227 e. The minimum absolute atomic E-state index is 0.0444. The zero-order valence-electron chi connectivity index (χ0n) is 22.5. The second-order valence-corrected chi connectivity index (χ2v) is 11.0. The van der Waals surface area contributed by atoms with Crippen LogP contribution in [0.5, 0.6) is 5.75 Å². The minimum Gasteiger partial charge on any atom is -0.495 e. The Morgan fingerprint density at radius 3 is 2.33 bits per heavy atom. The van der Waals surface area contributed by atoms with E-state index >= 15 is 0 Å². The van der Waals surface area contributed by atoms with Gasteiger partial charge in [-0.25, -0.2) is 0 Å². The molecular weight excluding hydrogens is 514 g/mol. The summed E-state index contributed by atoms with van der Waals surface area (Å²) in [5.74, 6) is 0.837. The number of methoxy groups -OCH3 is 1. The number of nitrogens with zero attached hydrogens (tertiary/aromatic N) is 1. The van der Waals surface area contributed by atoms with Gasteiger partial charge in [-0.2, -0.15) is 0 Å². The molecule has 0 N–H and O–H groups in total. The monoisotopic (exact) mass is 545 g/mol. The van der Waals surface area contributed by atoms with Gasteiger partial charge in [-0.1, -0.05) is 127 Å². The summed E-state index contributed by atoms with van der Waals surface area (Å²) in [6.45, 7) is 0.557. The first-order chi connectivity index (χ1) is 19.6. The van der Waals surface area contributed by atoms with Crippen LogP contribution in [-0.2, 0) is 11.3 Å². The highest BCUT2D eigenvalue weighted by Crippen LogP contribution is 2.52. The highest BCUT2D eigenvalue weighted by molar-refractivity contribution is 6.32. The number of carbonyl (C=O) groups is 1. The fraction of sp³-hybridized carbons (Fsp3) is 0.194. The molecule has 0 aromatic heterocycles. The number of ether oxygens (including phenoxy) is 1. The molecule has 1 saturated heterocycles. The average Bonchev–Trinajstić information content (AvgIpc) is 3.28. The van der Waals surface area contributed by atoms with Gasteiger partial charge in [0.15, 0.2) is 0 Å². The molecule has 4 unspecified atom stereocenters. The first-order valence-corrected chi connectivity index (χ1v) is 14.2. The van der Waals surface area contributed by atoms with E-state index in [1.807, 2.05) is 48.5 Å². The van der Waals surface area contributed by atoms with Gasteiger partial charge in [0.05, 0.1) is 24.1 Å². The fourth-order valence-corrected chi connectivity index (χ4v) is 6.58. The van der Waals surface area contributed by atoms with Gasteiger partial charge in [0.1, 0.15) is 5.75 Å². The predicted octanol–water partition coefficient (Wildman–Crippen LogP) is 8.58. The zero-order chi connectivity index (χ0) is 27.5. The van der Waals surface area contributed by atoms with E-state index in [1.165, 1.54) is 5.56 Å². The zero-order valence-corrected chi connectivity index (χ0v) is 23.2. The van der Waals surface area contributed by atoms with Gasteiger partial charge in [-0.15, -0.1) is 0 Å². The lowest BCUT2D eigenvalue weighted by atomic mass is 9.71. The van der Waals surface area contributed by atoms with E-state index in [4.69, 9.17) is 16.3 Å². The number of benzene rings is 4. The van der Waals surface area contributed by atoms with E-state index in [1.54, 1.807) is 7.11 Å². The largest absolute Gasteiger partial charge is 0.495 e. The van der Waals surface area contributed by atoms with Crippen molar-refractivity contribution in [2.45, 2.75) is 24.9 Å². The van der Waals surface area contributed by atoms with E-state index in [9.17, 15) is 4.79 Å². The van der Waals surface area contributed by atoms with Gasteiger partial charge in [0, 0.05) is 12.5 Å². The lowest BCUT2D eigenvalue weighted by molar-refractivity contribution is -0.133. The van der Waals surface area contributed by atoms with Crippen molar-refractivity contribution in [3.63, 3.8) is 0 Å². The Balaban J connectivity index is 1.36. The van der Waals surface area contributed by atoms with Crippen LogP contribution < -0.4 is 4.74 Å². The van der Waals surface area contributed by atoms with Crippen LogP contribution in [0.15, 0.2) is 115 Å². The lowest BCUT2D eigenvalue weighted by Crippen LogP contribution is -2.31. The van der Waals surface area contributed by atoms with Crippen LogP contribution >= 0.6 is 11.6 Å². The van der Waals surface area contributed by atoms with E-state index in [0.29, 0.717) is 17.3 Å². The average molecular weight is 546 g/mol. The third-order valence-electron chi connectivity index (χ3n) is 8.18.